The van der Waals surface area contributed by atoms with Crippen molar-refractivity contribution >= 4 is 21.4 Å². The summed E-state index contributed by atoms with van der Waals surface area (Å²) in [6.07, 6.45) is 1.74. The average molecular weight is 386 g/mol. The van der Waals surface area contributed by atoms with E-state index >= 15 is 0 Å². The first-order valence-corrected chi connectivity index (χ1v) is 9.11. The third-order valence-corrected chi connectivity index (χ3v) is 4.84. The highest BCUT2D eigenvalue weighted by atomic mass is 35.5. The highest BCUT2D eigenvalue weighted by Crippen LogP contribution is 2.29. The average Bonchev–Trinajstić information content (AvgIpc) is 2.90. The second-order valence-corrected chi connectivity index (χ2v) is 7.65. The molecule has 0 saturated carbocycles. The van der Waals surface area contributed by atoms with Crippen LogP contribution >= 0.6 is 11.6 Å². The Morgan fingerprint density at radius 3 is 2.32 bits per heavy atom. The van der Waals surface area contributed by atoms with E-state index in [4.69, 9.17) is 16.0 Å². The van der Waals surface area contributed by atoms with E-state index in [-0.39, 0.29) is 11.3 Å². The fourth-order valence-corrected chi connectivity index (χ4v) is 3.19. The molecule has 0 spiro atoms. The molecule has 130 valence electrons. The van der Waals surface area contributed by atoms with Gasteiger partial charge in [-0.3, -0.25) is 0 Å². The van der Waals surface area contributed by atoms with Gasteiger partial charge in [0.2, 0.25) is 0 Å². The maximum absolute atomic E-state index is 14.4. The van der Waals surface area contributed by atoms with Crippen molar-refractivity contribution in [3.63, 3.8) is 0 Å². The second kappa shape index (κ2) is 6.12. The summed E-state index contributed by atoms with van der Waals surface area (Å²) in [5.74, 6) is -2.95. The van der Waals surface area contributed by atoms with Crippen LogP contribution in [0.4, 0.5) is 8.78 Å². The summed E-state index contributed by atoms with van der Waals surface area (Å²) in [4.78, 5) is 11.2. The molecule has 0 amide bonds. The first-order valence-electron chi connectivity index (χ1n) is 6.84. The smallest absolute Gasteiger partial charge is 0.415 e. The summed E-state index contributed by atoms with van der Waals surface area (Å²) in [7, 11) is -3.94. The van der Waals surface area contributed by atoms with Crippen molar-refractivity contribution in [3.8, 4) is 16.9 Å². The Labute approximate surface area is 146 Å². The van der Waals surface area contributed by atoms with Crippen molar-refractivity contribution in [1.82, 2.24) is 4.57 Å². The molecule has 0 radical (unpaired) electrons. The molecule has 1 heterocycles. The van der Waals surface area contributed by atoms with Crippen molar-refractivity contribution < 1.29 is 21.6 Å². The number of nitrogens with zero attached hydrogens (tertiary/aromatic N) is 1. The number of rotatable bonds is 3. The van der Waals surface area contributed by atoms with Crippen LogP contribution in [-0.4, -0.2) is 19.2 Å². The topological polar surface area (TPSA) is 69.3 Å². The molecule has 0 aliphatic heterocycles. The van der Waals surface area contributed by atoms with E-state index in [1.165, 1.54) is 24.3 Å². The zero-order chi connectivity index (χ0) is 18.4. The molecular formula is C16H10ClF2NO4S. The molecule has 5 nitrogen and oxygen atoms in total. The number of aromatic nitrogens is 1. The van der Waals surface area contributed by atoms with Gasteiger partial charge >= 0.3 is 5.76 Å². The van der Waals surface area contributed by atoms with Gasteiger partial charge in [-0.1, -0.05) is 11.6 Å². The van der Waals surface area contributed by atoms with Crippen LogP contribution in [0.1, 0.15) is 0 Å². The lowest BCUT2D eigenvalue weighted by Crippen LogP contribution is -2.13. The molecule has 1 aromatic heterocycles. The predicted molar refractivity (Wildman–Crippen MR) is 87.8 cm³/mol. The number of halogens is 3. The highest BCUT2D eigenvalue weighted by molar-refractivity contribution is 7.90. The number of benzene rings is 2. The molecule has 3 rings (SSSR count). The Morgan fingerprint density at radius 1 is 1.08 bits per heavy atom. The maximum atomic E-state index is 14.4. The van der Waals surface area contributed by atoms with Crippen molar-refractivity contribution in [2.75, 3.05) is 6.26 Å². The van der Waals surface area contributed by atoms with E-state index in [0.29, 0.717) is 22.8 Å². The van der Waals surface area contributed by atoms with Crippen LogP contribution in [0.2, 0.25) is 5.02 Å². The van der Waals surface area contributed by atoms with Gasteiger partial charge in [0, 0.05) is 16.8 Å². The van der Waals surface area contributed by atoms with E-state index in [1.54, 1.807) is 0 Å². The lowest BCUT2D eigenvalue weighted by Gasteiger charge is -2.09. The molecule has 9 heteroatoms. The molecule has 0 N–H and O–H groups in total. The first kappa shape index (κ1) is 17.4. The summed E-state index contributed by atoms with van der Waals surface area (Å²) < 4.78 is 57.3. The minimum atomic E-state index is -3.94. The molecule has 3 aromatic rings. The zero-order valence-electron chi connectivity index (χ0n) is 12.7. The molecular weight excluding hydrogens is 376 g/mol. The molecule has 0 aliphatic rings. The Balaban J connectivity index is 2.24. The van der Waals surface area contributed by atoms with Gasteiger partial charge < -0.3 is 4.42 Å². The van der Waals surface area contributed by atoms with E-state index in [9.17, 15) is 22.0 Å². The molecule has 0 atom stereocenters. The van der Waals surface area contributed by atoms with Gasteiger partial charge in [-0.2, -0.15) is 0 Å². The summed E-state index contributed by atoms with van der Waals surface area (Å²) in [6, 6.07) is 7.32. The van der Waals surface area contributed by atoms with Crippen LogP contribution in [0.25, 0.3) is 16.9 Å². The Kier molecular flexibility index (Phi) is 4.26. The molecule has 0 bridgehead atoms. The van der Waals surface area contributed by atoms with Crippen LogP contribution < -0.4 is 5.76 Å². The highest BCUT2D eigenvalue weighted by Gasteiger charge is 2.22. The van der Waals surface area contributed by atoms with Crippen LogP contribution in [0, 0.1) is 11.6 Å². The van der Waals surface area contributed by atoms with Gasteiger partial charge in [-0.25, -0.2) is 26.6 Å². The van der Waals surface area contributed by atoms with E-state index < -0.39 is 32.1 Å². The Morgan fingerprint density at radius 2 is 1.72 bits per heavy atom. The van der Waals surface area contributed by atoms with Crippen LogP contribution in [0.3, 0.4) is 0 Å². The van der Waals surface area contributed by atoms with E-state index in [0.717, 1.165) is 17.1 Å². The van der Waals surface area contributed by atoms with Gasteiger partial charge in [0.25, 0.3) is 0 Å². The minimum Gasteiger partial charge on any atom is -0.415 e. The summed E-state index contributed by atoms with van der Waals surface area (Å²) in [6.45, 7) is 0. The summed E-state index contributed by atoms with van der Waals surface area (Å²) in [5, 5.41) is 0.427. The van der Waals surface area contributed by atoms with E-state index in [1.807, 2.05) is 0 Å². The Bertz CT molecular complexity index is 1120. The summed E-state index contributed by atoms with van der Waals surface area (Å²) >= 11 is 5.80. The second-order valence-electron chi connectivity index (χ2n) is 5.23. The number of hydrogen-bond acceptors (Lipinski definition) is 4. The quantitative estimate of drug-likeness (QED) is 0.692. The van der Waals surface area contributed by atoms with Crippen molar-refractivity contribution in [1.29, 1.82) is 0 Å². The third-order valence-electron chi connectivity index (χ3n) is 3.48. The predicted octanol–water partition coefficient (Wildman–Crippen LogP) is 3.43. The number of hydrogen-bond donors (Lipinski definition) is 0. The minimum absolute atomic E-state index is 0.0660. The molecule has 0 fully saturated rings. The van der Waals surface area contributed by atoms with Gasteiger partial charge in [0.15, 0.2) is 9.84 Å². The third kappa shape index (κ3) is 3.22. The monoisotopic (exact) mass is 385 g/mol. The van der Waals surface area contributed by atoms with Crippen LogP contribution in [-0.2, 0) is 9.84 Å². The summed E-state index contributed by atoms with van der Waals surface area (Å²) in [5.41, 5.74) is -0.0559. The van der Waals surface area contributed by atoms with Crippen LogP contribution in [0.5, 0.6) is 0 Å². The largest absolute Gasteiger partial charge is 0.424 e. The van der Waals surface area contributed by atoms with Crippen molar-refractivity contribution in [2.45, 2.75) is 4.90 Å². The standard InChI is InChI=1S/C16H10ClF2NO4S/c1-25(22,23)15-7-12(18)11(6-13(15)19)14-8-24-16(21)20(14)10-4-2-9(17)3-5-10/h2-8H,1H3. The molecule has 0 unspecified atom stereocenters. The lowest BCUT2D eigenvalue weighted by atomic mass is 10.1. The van der Waals surface area contributed by atoms with Crippen LogP contribution in [0.15, 0.2) is 56.8 Å². The maximum Gasteiger partial charge on any atom is 0.424 e. The van der Waals surface area contributed by atoms with Gasteiger partial charge in [-0.05, 0) is 36.4 Å². The fraction of sp³-hybridized carbons (Fsp3) is 0.0625. The molecule has 0 aliphatic carbocycles. The molecule has 25 heavy (non-hydrogen) atoms. The molecule has 2 aromatic carbocycles. The normalized spacial score (nSPS) is 11.7. The number of sulfone groups is 1. The lowest BCUT2D eigenvalue weighted by molar-refractivity contribution is 0.504. The van der Waals surface area contributed by atoms with Crippen molar-refractivity contribution in [3.05, 3.63) is 69.9 Å². The van der Waals surface area contributed by atoms with Gasteiger partial charge in [0.1, 0.15) is 22.8 Å². The van der Waals surface area contributed by atoms with E-state index in [2.05, 4.69) is 0 Å². The van der Waals surface area contributed by atoms with Crippen molar-refractivity contribution in [2.24, 2.45) is 0 Å². The SMILES string of the molecule is CS(=O)(=O)c1cc(F)c(-c2coc(=O)n2-c2ccc(Cl)cc2)cc1F. The molecule has 0 saturated heterocycles. The number of oxazole rings is 1. The van der Waals surface area contributed by atoms with Gasteiger partial charge in [-0.15, -0.1) is 0 Å². The zero-order valence-corrected chi connectivity index (χ0v) is 14.2. The first-order chi connectivity index (χ1) is 11.7. The van der Waals surface area contributed by atoms with Gasteiger partial charge in [0.05, 0.1) is 11.4 Å². The Hall–Kier alpha value is -2.45. The fourth-order valence-electron chi connectivity index (χ4n) is 2.34.